The van der Waals surface area contributed by atoms with Gasteiger partial charge in [0, 0.05) is 17.8 Å². The zero-order chi connectivity index (χ0) is 15.6. The monoisotopic (exact) mass is 297 g/mol. The summed E-state index contributed by atoms with van der Waals surface area (Å²) in [7, 11) is 0. The Morgan fingerprint density at radius 2 is 1.86 bits per heavy atom. The summed E-state index contributed by atoms with van der Waals surface area (Å²) >= 11 is 0. The third kappa shape index (κ3) is 3.10. The summed E-state index contributed by atoms with van der Waals surface area (Å²) in [5, 5.41) is 22.2. The van der Waals surface area contributed by atoms with Crippen LogP contribution in [-0.4, -0.2) is 15.2 Å². The number of phenols is 2. The van der Waals surface area contributed by atoms with Crippen molar-refractivity contribution < 1.29 is 23.4 Å². The zero-order valence-electron chi connectivity index (χ0n) is 10.5. The topological polar surface area (TPSA) is 89.6 Å². The van der Waals surface area contributed by atoms with E-state index in [4.69, 9.17) is 5.53 Å². The number of rotatable bonds is 3. The maximum Gasteiger partial charge on any atom is 0.417 e. The number of nitrogens with zero attached hydrogens (tertiary/aromatic N) is 2. The van der Waals surface area contributed by atoms with Crippen molar-refractivity contribution in [3.8, 4) is 11.5 Å². The van der Waals surface area contributed by atoms with Gasteiger partial charge in [0.2, 0.25) is 0 Å². The van der Waals surface area contributed by atoms with E-state index in [2.05, 4.69) is 10.1 Å². The van der Waals surface area contributed by atoms with Crippen molar-refractivity contribution in [1.29, 1.82) is 5.53 Å². The molecular weight excluding hydrogens is 287 g/mol. The summed E-state index contributed by atoms with van der Waals surface area (Å²) in [6.45, 7) is 0. The van der Waals surface area contributed by atoms with Gasteiger partial charge in [0.1, 0.15) is 17.5 Å². The second-order valence-corrected chi connectivity index (χ2v) is 4.24. The lowest BCUT2D eigenvalue weighted by Gasteiger charge is -2.13. The Bertz CT molecular complexity index is 657. The first-order valence-corrected chi connectivity index (χ1v) is 5.74. The van der Waals surface area contributed by atoms with Crippen LogP contribution in [0.3, 0.4) is 0 Å². The Balaban J connectivity index is 2.40. The maximum atomic E-state index is 12.5. The number of aromatic nitrogens is 1. The lowest BCUT2D eigenvalue weighted by molar-refractivity contribution is -0.137. The molecule has 0 saturated carbocycles. The molecule has 0 aliphatic rings. The molecule has 0 amide bonds. The van der Waals surface area contributed by atoms with Gasteiger partial charge in [0.05, 0.1) is 11.3 Å². The highest BCUT2D eigenvalue weighted by Crippen LogP contribution is 2.35. The third-order valence-electron chi connectivity index (χ3n) is 2.83. The molecule has 1 atom stereocenters. The van der Waals surface area contributed by atoms with Gasteiger partial charge in [-0.1, -0.05) is 0 Å². The molecule has 1 aromatic carbocycles. The minimum absolute atomic E-state index is 0.0824. The van der Waals surface area contributed by atoms with Crippen LogP contribution in [-0.2, 0) is 6.18 Å². The minimum atomic E-state index is -4.50. The lowest BCUT2D eigenvalue weighted by atomic mass is 10.0. The van der Waals surface area contributed by atoms with E-state index in [1.807, 2.05) is 0 Å². The maximum absolute atomic E-state index is 12.5. The Morgan fingerprint density at radius 1 is 1.14 bits per heavy atom. The highest BCUT2D eigenvalue weighted by Gasteiger charge is 2.31. The standard InChI is InChI=1S/C13H10F3N3O2/c14-13(15,16)7-1-4-10(18-6-7)12(19-17)9-3-2-8(20)5-11(9)21/h1-6,12,17,20-21H. The van der Waals surface area contributed by atoms with Gasteiger partial charge in [0.25, 0.3) is 0 Å². The van der Waals surface area contributed by atoms with E-state index in [1.165, 1.54) is 12.1 Å². The molecule has 21 heavy (non-hydrogen) atoms. The summed E-state index contributed by atoms with van der Waals surface area (Å²) < 4.78 is 37.4. The Morgan fingerprint density at radius 3 is 2.33 bits per heavy atom. The lowest BCUT2D eigenvalue weighted by Crippen LogP contribution is -2.07. The van der Waals surface area contributed by atoms with Crippen LogP contribution in [0.2, 0.25) is 0 Å². The van der Waals surface area contributed by atoms with E-state index in [1.54, 1.807) is 0 Å². The first-order valence-electron chi connectivity index (χ1n) is 5.74. The largest absolute Gasteiger partial charge is 0.508 e. The van der Waals surface area contributed by atoms with E-state index in [-0.39, 0.29) is 22.8 Å². The third-order valence-corrected chi connectivity index (χ3v) is 2.83. The van der Waals surface area contributed by atoms with Gasteiger partial charge >= 0.3 is 6.18 Å². The molecule has 5 nitrogen and oxygen atoms in total. The molecule has 1 aromatic heterocycles. The molecule has 0 bridgehead atoms. The van der Waals surface area contributed by atoms with Gasteiger partial charge in [-0.05, 0) is 24.3 Å². The Labute approximate surface area is 117 Å². The van der Waals surface area contributed by atoms with E-state index in [0.29, 0.717) is 6.20 Å². The van der Waals surface area contributed by atoms with Gasteiger partial charge in [-0.2, -0.15) is 18.3 Å². The van der Waals surface area contributed by atoms with Crippen molar-refractivity contribution in [2.24, 2.45) is 5.11 Å². The van der Waals surface area contributed by atoms with Crippen LogP contribution in [0.15, 0.2) is 41.6 Å². The fourth-order valence-corrected chi connectivity index (χ4v) is 1.79. The zero-order valence-corrected chi connectivity index (χ0v) is 10.5. The van der Waals surface area contributed by atoms with Crippen molar-refractivity contribution in [3.63, 3.8) is 0 Å². The highest BCUT2D eigenvalue weighted by molar-refractivity contribution is 5.43. The Kier molecular flexibility index (Phi) is 3.79. The first kappa shape index (κ1) is 14.8. The van der Waals surface area contributed by atoms with Gasteiger partial charge in [0.15, 0.2) is 0 Å². The van der Waals surface area contributed by atoms with Crippen LogP contribution in [0.4, 0.5) is 13.2 Å². The Hall–Kier alpha value is -2.64. The van der Waals surface area contributed by atoms with Crippen LogP contribution < -0.4 is 0 Å². The predicted molar refractivity (Wildman–Crippen MR) is 66.0 cm³/mol. The summed E-state index contributed by atoms with van der Waals surface area (Å²) in [6.07, 6.45) is -3.86. The molecule has 0 aliphatic heterocycles. The molecule has 2 aromatic rings. The van der Waals surface area contributed by atoms with E-state index in [9.17, 15) is 23.4 Å². The number of benzene rings is 1. The molecule has 3 N–H and O–H groups in total. The second kappa shape index (κ2) is 5.39. The molecule has 110 valence electrons. The highest BCUT2D eigenvalue weighted by atomic mass is 19.4. The molecule has 0 aliphatic carbocycles. The van der Waals surface area contributed by atoms with Crippen molar-refractivity contribution in [1.82, 2.24) is 4.98 Å². The van der Waals surface area contributed by atoms with Gasteiger partial charge in [-0.15, -0.1) is 0 Å². The number of aromatic hydroxyl groups is 2. The average Bonchev–Trinajstić information content (AvgIpc) is 2.41. The van der Waals surface area contributed by atoms with Crippen LogP contribution in [0.5, 0.6) is 11.5 Å². The molecular formula is C13H10F3N3O2. The van der Waals surface area contributed by atoms with Gasteiger partial charge < -0.3 is 10.2 Å². The number of nitrogens with one attached hydrogen (secondary N) is 1. The van der Waals surface area contributed by atoms with Crippen molar-refractivity contribution in [3.05, 3.63) is 53.3 Å². The molecule has 1 heterocycles. The fraction of sp³-hybridized carbons (Fsp3) is 0.154. The van der Waals surface area contributed by atoms with Crippen molar-refractivity contribution >= 4 is 0 Å². The second-order valence-electron chi connectivity index (χ2n) is 4.24. The van der Waals surface area contributed by atoms with Crippen LogP contribution in [0.1, 0.15) is 22.9 Å². The van der Waals surface area contributed by atoms with Crippen LogP contribution >= 0.6 is 0 Å². The summed E-state index contributed by atoms with van der Waals surface area (Å²) in [5.41, 5.74) is 6.48. The molecule has 0 fully saturated rings. The molecule has 0 spiro atoms. The molecule has 2 rings (SSSR count). The van der Waals surface area contributed by atoms with Gasteiger partial charge in [-0.3, -0.25) is 4.98 Å². The SMILES string of the molecule is N=NC(c1ccc(C(F)(F)F)cn1)c1ccc(O)cc1O. The molecule has 1 unspecified atom stereocenters. The average molecular weight is 297 g/mol. The molecule has 0 saturated heterocycles. The number of halogens is 3. The number of phenolic OH excluding ortho intramolecular Hbond substituents is 2. The fourth-order valence-electron chi connectivity index (χ4n) is 1.79. The van der Waals surface area contributed by atoms with Crippen LogP contribution in [0.25, 0.3) is 0 Å². The molecule has 8 heteroatoms. The van der Waals surface area contributed by atoms with Gasteiger partial charge in [-0.25, -0.2) is 5.53 Å². The molecule has 0 radical (unpaired) electrons. The van der Waals surface area contributed by atoms with Crippen molar-refractivity contribution in [2.75, 3.05) is 0 Å². The number of pyridine rings is 1. The van der Waals surface area contributed by atoms with Crippen LogP contribution in [0, 0.1) is 5.53 Å². The normalized spacial score (nSPS) is 12.9. The quantitative estimate of drug-likeness (QED) is 0.756. The minimum Gasteiger partial charge on any atom is -0.508 e. The number of hydrogen-bond donors (Lipinski definition) is 3. The predicted octanol–water partition coefficient (Wildman–Crippen LogP) is 3.63. The smallest absolute Gasteiger partial charge is 0.417 e. The van der Waals surface area contributed by atoms with E-state index >= 15 is 0 Å². The number of alkyl halides is 3. The van der Waals surface area contributed by atoms with E-state index in [0.717, 1.165) is 18.2 Å². The number of hydrogen-bond acceptors (Lipinski definition) is 5. The first-order chi connectivity index (χ1) is 9.82. The van der Waals surface area contributed by atoms with E-state index < -0.39 is 17.8 Å². The van der Waals surface area contributed by atoms with Crippen molar-refractivity contribution in [2.45, 2.75) is 12.2 Å². The summed E-state index contributed by atoms with van der Waals surface area (Å²) in [4.78, 5) is 3.65. The summed E-state index contributed by atoms with van der Waals surface area (Å²) in [6, 6.07) is 4.53. The summed E-state index contributed by atoms with van der Waals surface area (Å²) in [5.74, 6) is -0.502.